The van der Waals surface area contributed by atoms with E-state index in [-0.39, 0.29) is 42.5 Å². The Morgan fingerprint density at radius 3 is 2.38 bits per heavy atom. The van der Waals surface area contributed by atoms with Crippen LogP contribution in [-0.4, -0.2) is 147 Å². The number of nitrogens with one attached hydrogen (secondary N) is 1. The lowest BCUT2D eigenvalue weighted by Gasteiger charge is -2.40. The number of amides is 2. The minimum atomic E-state index is -0.790. The number of morpholine rings is 1. The molecule has 366 valence electrons. The van der Waals surface area contributed by atoms with Crippen molar-refractivity contribution in [3.05, 3.63) is 129 Å². The van der Waals surface area contributed by atoms with Gasteiger partial charge in [0.15, 0.2) is 11.6 Å². The molecule has 18 heteroatoms. The number of carbonyl (C=O) groups is 2. The Morgan fingerprint density at radius 2 is 1.58 bits per heavy atom. The third-order valence-corrected chi connectivity index (χ3v) is 14.2. The molecule has 71 heavy (non-hydrogen) atoms. The Bertz CT molecular complexity index is 3060. The number of aromatic nitrogens is 6. The topological polar surface area (TPSA) is 197 Å². The van der Waals surface area contributed by atoms with Crippen molar-refractivity contribution in [3.8, 4) is 34.5 Å². The third kappa shape index (κ3) is 11.2. The van der Waals surface area contributed by atoms with Crippen molar-refractivity contribution in [3.63, 3.8) is 0 Å². The van der Waals surface area contributed by atoms with Crippen LogP contribution in [-0.2, 0) is 20.9 Å². The average molecular weight is 959 g/mol. The SMILES string of the molecule is Cc1nn(C2CCC(=O)NC2=O)c(=O)c2ccc(N3CCN(C[C@@H]4CN(CCN5CCC(COc6cnc(-c7cccc(Cn8nc(-c9cccc(C#N)c9)ccc8=O)c7)nc6)CC5)CCO4)CC3)cc12. The van der Waals surface area contributed by atoms with Crippen LogP contribution in [0.1, 0.15) is 48.5 Å². The van der Waals surface area contributed by atoms with Crippen molar-refractivity contribution in [1.29, 1.82) is 5.26 Å². The van der Waals surface area contributed by atoms with Crippen molar-refractivity contribution < 1.29 is 19.1 Å². The van der Waals surface area contributed by atoms with E-state index in [2.05, 4.69) is 51.2 Å². The lowest BCUT2D eigenvalue weighted by molar-refractivity contribution is -0.136. The molecule has 2 atom stereocenters. The Balaban J connectivity index is 0.636. The number of benzene rings is 3. The molecular formula is C53H58N12O6. The first-order valence-electron chi connectivity index (χ1n) is 24.7. The fourth-order valence-electron chi connectivity index (χ4n) is 10.2. The highest BCUT2D eigenvalue weighted by molar-refractivity contribution is 5.99. The van der Waals surface area contributed by atoms with Crippen LogP contribution < -0.4 is 26.1 Å². The first-order chi connectivity index (χ1) is 34.6. The van der Waals surface area contributed by atoms with Gasteiger partial charge in [-0.15, -0.1) is 0 Å². The van der Waals surface area contributed by atoms with E-state index in [0.717, 1.165) is 119 Å². The minimum absolute atomic E-state index is 0.169. The van der Waals surface area contributed by atoms with Crippen LogP contribution in [0.2, 0.25) is 0 Å². The molecule has 3 aromatic heterocycles. The van der Waals surface area contributed by atoms with E-state index < -0.39 is 11.9 Å². The van der Waals surface area contributed by atoms with E-state index in [9.17, 15) is 24.4 Å². The third-order valence-electron chi connectivity index (χ3n) is 14.2. The van der Waals surface area contributed by atoms with Crippen LogP contribution in [0.25, 0.3) is 33.4 Å². The zero-order valence-electron chi connectivity index (χ0n) is 40.0. The van der Waals surface area contributed by atoms with E-state index in [1.54, 1.807) is 36.7 Å². The molecule has 4 fully saturated rings. The molecule has 0 saturated carbocycles. The number of carbonyl (C=O) groups excluding carboxylic acids is 2. The first kappa shape index (κ1) is 47.5. The van der Waals surface area contributed by atoms with E-state index in [1.807, 2.05) is 55.5 Å². The van der Waals surface area contributed by atoms with Gasteiger partial charge in [0.05, 0.1) is 66.7 Å². The minimum Gasteiger partial charge on any atom is -0.490 e. The molecule has 4 aliphatic rings. The van der Waals surface area contributed by atoms with Crippen LogP contribution in [0.15, 0.2) is 101 Å². The van der Waals surface area contributed by atoms with Gasteiger partial charge in [-0.05, 0) is 93.2 Å². The molecular weight excluding hydrogens is 901 g/mol. The van der Waals surface area contributed by atoms with Gasteiger partial charge in [-0.2, -0.15) is 15.5 Å². The van der Waals surface area contributed by atoms with E-state index in [0.29, 0.717) is 46.4 Å². The Morgan fingerprint density at radius 1 is 0.789 bits per heavy atom. The van der Waals surface area contributed by atoms with Gasteiger partial charge < -0.3 is 19.3 Å². The fourth-order valence-corrected chi connectivity index (χ4v) is 10.2. The number of piperidine rings is 2. The van der Waals surface area contributed by atoms with Crippen molar-refractivity contribution in [2.75, 3.05) is 90.1 Å². The van der Waals surface area contributed by atoms with Gasteiger partial charge in [-0.1, -0.05) is 30.3 Å². The van der Waals surface area contributed by atoms with Crippen molar-refractivity contribution in [1.82, 2.24) is 49.5 Å². The Kier molecular flexibility index (Phi) is 14.3. The largest absolute Gasteiger partial charge is 0.490 e. The predicted molar refractivity (Wildman–Crippen MR) is 267 cm³/mol. The Hall–Kier alpha value is -7.17. The van der Waals surface area contributed by atoms with Crippen LogP contribution >= 0.6 is 0 Å². The quantitative estimate of drug-likeness (QED) is 0.154. The molecule has 3 aromatic carbocycles. The summed E-state index contributed by atoms with van der Waals surface area (Å²) in [6.07, 6.45) is 6.23. The number of piperazine rings is 1. The average Bonchev–Trinajstić information content (AvgIpc) is 3.40. The van der Waals surface area contributed by atoms with E-state index in [1.165, 1.54) is 15.4 Å². The van der Waals surface area contributed by atoms with Crippen LogP contribution in [0.4, 0.5) is 5.69 Å². The number of hydrogen-bond acceptors (Lipinski definition) is 15. The number of fused-ring (bicyclic) bond motifs is 1. The number of nitrogens with zero attached hydrogens (tertiary/aromatic N) is 11. The molecule has 0 aliphatic carbocycles. The van der Waals surface area contributed by atoms with Gasteiger partial charge in [0.25, 0.3) is 17.0 Å². The van der Waals surface area contributed by atoms with Gasteiger partial charge in [0.2, 0.25) is 5.91 Å². The number of anilines is 1. The molecule has 6 aromatic rings. The van der Waals surface area contributed by atoms with Crippen molar-refractivity contribution in [2.24, 2.45) is 5.92 Å². The standard InChI is InChI=1S/C53H58N12O6/c1-36-46-28-42(8-9-45(46)53(69)65(58-36)48-11-12-49(66)57-52(48)68)63-22-20-61(21-23-63)33-44-34-62(24-25-70-44)19-18-60-16-14-37(15-17-60)35-71-43-30-55-51(56-31-43)41-7-3-5-39(27-41)32-64-50(67)13-10-47(59-64)40-6-2-4-38(26-40)29-54/h2-10,13,26-28,30-31,37,44,48H,11-12,14-25,32-35H2,1H3,(H,57,66,68)/t44-,48?/m1/s1. The highest BCUT2D eigenvalue weighted by Gasteiger charge is 2.31. The number of aryl methyl sites for hydroxylation is 1. The first-order valence-corrected chi connectivity index (χ1v) is 24.7. The highest BCUT2D eigenvalue weighted by Crippen LogP contribution is 2.27. The van der Waals surface area contributed by atoms with Gasteiger partial charge in [0.1, 0.15) is 6.04 Å². The molecule has 0 spiro atoms. The lowest BCUT2D eigenvalue weighted by Crippen LogP contribution is -2.53. The maximum atomic E-state index is 13.4. The maximum Gasteiger partial charge on any atom is 0.275 e. The fraction of sp³-hybridized carbons (Fsp3) is 0.415. The summed E-state index contributed by atoms with van der Waals surface area (Å²) >= 11 is 0. The monoisotopic (exact) mass is 958 g/mol. The number of rotatable bonds is 14. The molecule has 18 nitrogen and oxygen atoms in total. The van der Waals surface area contributed by atoms with Crippen LogP contribution in [0, 0.1) is 24.2 Å². The van der Waals surface area contributed by atoms with Crippen LogP contribution in [0.5, 0.6) is 5.75 Å². The maximum absolute atomic E-state index is 13.4. The summed E-state index contributed by atoms with van der Waals surface area (Å²) in [6.45, 7) is 14.0. The van der Waals surface area contributed by atoms with Gasteiger partial charge in [-0.3, -0.25) is 34.3 Å². The number of nitriles is 1. The smallest absolute Gasteiger partial charge is 0.275 e. The molecule has 0 bridgehead atoms. The molecule has 2 amide bonds. The molecule has 4 saturated heterocycles. The van der Waals surface area contributed by atoms with E-state index >= 15 is 0 Å². The summed E-state index contributed by atoms with van der Waals surface area (Å²) in [5, 5.41) is 22.0. The molecule has 4 aliphatic heterocycles. The second kappa shape index (κ2) is 21.4. The Labute approximate surface area is 411 Å². The van der Waals surface area contributed by atoms with Gasteiger partial charge in [0, 0.05) is 93.6 Å². The summed E-state index contributed by atoms with van der Waals surface area (Å²) in [6, 6.07) is 25.3. The lowest BCUT2D eigenvalue weighted by atomic mass is 9.98. The molecule has 0 radical (unpaired) electrons. The van der Waals surface area contributed by atoms with Gasteiger partial charge in [-0.25, -0.2) is 19.3 Å². The summed E-state index contributed by atoms with van der Waals surface area (Å²) in [4.78, 5) is 69.6. The number of hydrogen-bond donors (Lipinski definition) is 1. The summed E-state index contributed by atoms with van der Waals surface area (Å²) in [5.74, 6) is 0.872. The molecule has 7 heterocycles. The second-order valence-electron chi connectivity index (χ2n) is 19.1. The predicted octanol–water partition coefficient (Wildman–Crippen LogP) is 3.90. The zero-order valence-corrected chi connectivity index (χ0v) is 40.0. The molecule has 1 N–H and O–H groups in total. The van der Waals surface area contributed by atoms with E-state index in [4.69, 9.17) is 9.47 Å². The highest BCUT2D eigenvalue weighted by atomic mass is 16.5. The summed E-state index contributed by atoms with van der Waals surface area (Å²) < 4.78 is 15.1. The molecule has 1 unspecified atom stereocenters. The number of imide groups is 1. The zero-order chi connectivity index (χ0) is 48.8. The van der Waals surface area contributed by atoms with Crippen molar-refractivity contribution in [2.45, 2.75) is 51.3 Å². The van der Waals surface area contributed by atoms with Crippen LogP contribution in [0.3, 0.4) is 0 Å². The number of ether oxygens (including phenoxy) is 2. The summed E-state index contributed by atoms with van der Waals surface area (Å²) in [5.41, 5.74) is 4.81. The van der Waals surface area contributed by atoms with Crippen molar-refractivity contribution >= 4 is 28.3 Å². The van der Waals surface area contributed by atoms with Gasteiger partial charge >= 0.3 is 0 Å². The normalized spacial score (nSPS) is 19.7. The molecule has 10 rings (SSSR count). The number of likely N-dealkylation sites (tertiary alicyclic amines) is 1. The summed E-state index contributed by atoms with van der Waals surface area (Å²) in [7, 11) is 0. The second-order valence-corrected chi connectivity index (χ2v) is 19.1.